The van der Waals surface area contributed by atoms with E-state index in [1.807, 2.05) is 18.2 Å². The van der Waals surface area contributed by atoms with Gasteiger partial charge >= 0.3 is 26.8 Å². The lowest BCUT2D eigenvalue weighted by molar-refractivity contribution is -0.597. The summed E-state index contributed by atoms with van der Waals surface area (Å²) in [6, 6.07) is 63.3. The van der Waals surface area contributed by atoms with E-state index in [2.05, 4.69) is 152 Å². The molecule has 0 N–H and O–H groups in total. The van der Waals surface area contributed by atoms with Gasteiger partial charge in [0.05, 0.1) is 0 Å². The first-order valence-corrected chi connectivity index (χ1v) is 16.5. The van der Waals surface area contributed by atoms with Gasteiger partial charge in [-0.25, -0.2) is 4.79 Å². The number of hydrogen-bond donors (Lipinski definition) is 0. The summed E-state index contributed by atoms with van der Waals surface area (Å²) in [7, 11) is 0. The van der Waals surface area contributed by atoms with Crippen LogP contribution >= 0.6 is 0 Å². The lowest BCUT2D eigenvalue weighted by atomic mass is 9.13. The van der Waals surface area contributed by atoms with Gasteiger partial charge in [-0.2, -0.15) is 21.9 Å². The summed E-state index contributed by atoms with van der Waals surface area (Å²) in [6.07, 6.45) is -1.22. The van der Waals surface area contributed by atoms with Crippen molar-refractivity contribution in [2.75, 3.05) is 0 Å². The van der Waals surface area contributed by atoms with E-state index < -0.39 is 6.15 Å². The minimum atomic E-state index is -1.22. The average molecular weight is 668 g/mol. The van der Waals surface area contributed by atoms with E-state index in [4.69, 9.17) is 4.42 Å². The third kappa shape index (κ3) is 6.40. The highest BCUT2D eigenvalue weighted by molar-refractivity contribution is 7.19. The summed E-state index contributed by atoms with van der Waals surface area (Å²) < 4.78 is 7.81. The second-order valence-corrected chi connectivity index (χ2v) is 13.4. The molecule has 7 aromatic rings. The van der Waals surface area contributed by atoms with Crippen LogP contribution in [0.4, 0.5) is 0 Å². The van der Waals surface area contributed by atoms with Crippen molar-refractivity contribution in [1.29, 1.82) is 0 Å². The molecular formula is C39H30BIO2. The average Bonchev–Trinajstić information content (AvgIpc) is 3.08. The molecule has 2 nitrogen and oxygen atoms in total. The van der Waals surface area contributed by atoms with E-state index >= 15 is 0 Å². The standard InChI is InChI=1S/C24H20B.C15H10IO2/c1-5-13-21(14-6-1)25(22-15-7-2-8-16-22,23-17-9-3-10-18-23)24-19-11-4-12-20-24;17-15-9-7-11-6-8-13(10-14(11)18-15)16-12-4-2-1-3-5-12/h1-20H;1-10H/q-1;+1. The first kappa shape index (κ1) is 28.4. The van der Waals surface area contributed by atoms with Gasteiger partial charge in [0.2, 0.25) is 0 Å². The Bertz CT molecular complexity index is 1780. The highest BCUT2D eigenvalue weighted by atomic mass is 127. The molecule has 0 fully saturated rings. The quantitative estimate of drug-likeness (QED) is 0.155. The van der Waals surface area contributed by atoms with Gasteiger partial charge in [-0.05, 0) is 30.3 Å². The van der Waals surface area contributed by atoms with Gasteiger partial charge in [-0.1, -0.05) is 140 Å². The second-order valence-electron chi connectivity index (χ2n) is 10.3. The normalized spacial score (nSPS) is 11.0. The fraction of sp³-hybridized carbons (Fsp3) is 0. The topological polar surface area (TPSA) is 30.2 Å². The zero-order valence-corrected chi connectivity index (χ0v) is 25.7. The molecule has 0 amide bonds. The van der Waals surface area contributed by atoms with E-state index in [9.17, 15) is 4.79 Å². The summed E-state index contributed by atoms with van der Waals surface area (Å²) in [4.78, 5) is 11.2. The Labute approximate surface area is 262 Å². The summed E-state index contributed by atoms with van der Waals surface area (Å²) in [5.41, 5.74) is 5.74. The fourth-order valence-corrected chi connectivity index (χ4v) is 8.11. The molecule has 208 valence electrons. The second kappa shape index (κ2) is 13.5. The van der Waals surface area contributed by atoms with Crippen molar-refractivity contribution in [3.8, 4) is 0 Å². The van der Waals surface area contributed by atoms with Crippen LogP contribution in [-0.2, 0) is 0 Å². The van der Waals surface area contributed by atoms with Gasteiger partial charge in [-0.15, -0.1) is 0 Å². The van der Waals surface area contributed by atoms with Crippen LogP contribution in [0.3, 0.4) is 0 Å². The molecule has 4 heteroatoms. The zero-order valence-electron chi connectivity index (χ0n) is 23.6. The maximum Gasteiger partial charge on any atom is 0.358 e. The molecule has 0 radical (unpaired) electrons. The highest BCUT2D eigenvalue weighted by Crippen LogP contribution is 2.10. The molecule has 7 rings (SSSR count). The number of halogens is 1. The molecule has 1 heterocycles. The minimum Gasteiger partial charge on any atom is -0.423 e. The van der Waals surface area contributed by atoms with Crippen LogP contribution in [0.25, 0.3) is 11.0 Å². The number of rotatable bonds is 6. The maximum absolute atomic E-state index is 11.2. The van der Waals surface area contributed by atoms with E-state index in [0.29, 0.717) is 5.58 Å². The van der Waals surface area contributed by atoms with E-state index in [1.165, 1.54) is 35.1 Å². The van der Waals surface area contributed by atoms with Crippen LogP contribution < -0.4 is 48.7 Å². The molecular weight excluding hydrogens is 638 g/mol. The van der Waals surface area contributed by atoms with Crippen LogP contribution in [0.1, 0.15) is 0 Å². The van der Waals surface area contributed by atoms with Crippen LogP contribution in [-0.4, -0.2) is 6.15 Å². The molecule has 0 bridgehead atoms. The van der Waals surface area contributed by atoms with Crippen molar-refractivity contribution >= 4 is 39.0 Å². The van der Waals surface area contributed by atoms with Crippen molar-refractivity contribution in [2.45, 2.75) is 0 Å². The SMILES string of the molecule is O=c1ccc2ccc([I+]c3ccccc3)cc2o1.c1ccc([B-](c2ccccc2)(c2ccccc2)c2ccccc2)cc1. The van der Waals surface area contributed by atoms with Crippen molar-refractivity contribution < 1.29 is 25.6 Å². The van der Waals surface area contributed by atoms with Crippen LogP contribution in [0.15, 0.2) is 191 Å². The van der Waals surface area contributed by atoms with Crippen LogP contribution in [0.5, 0.6) is 0 Å². The van der Waals surface area contributed by atoms with Crippen molar-refractivity contribution in [3.05, 3.63) is 200 Å². The predicted octanol–water partition coefficient (Wildman–Crippen LogP) is 2.99. The number of fused-ring (bicyclic) bond motifs is 1. The Balaban J connectivity index is 0.000000162. The van der Waals surface area contributed by atoms with Crippen molar-refractivity contribution in [2.24, 2.45) is 0 Å². The van der Waals surface area contributed by atoms with Gasteiger partial charge < -0.3 is 4.42 Å². The van der Waals surface area contributed by atoms with Crippen LogP contribution in [0.2, 0.25) is 0 Å². The van der Waals surface area contributed by atoms with Crippen molar-refractivity contribution in [1.82, 2.24) is 0 Å². The van der Waals surface area contributed by atoms with Gasteiger partial charge in [0, 0.05) is 17.5 Å². The molecule has 43 heavy (non-hydrogen) atoms. The summed E-state index contributed by atoms with van der Waals surface area (Å²) >= 11 is -0.218. The number of hydrogen-bond acceptors (Lipinski definition) is 2. The Morgan fingerprint density at radius 2 is 0.814 bits per heavy atom. The van der Waals surface area contributed by atoms with E-state index in [-0.39, 0.29) is 26.8 Å². The monoisotopic (exact) mass is 668 g/mol. The van der Waals surface area contributed by atoms with Crippen molar-refractivity contribution in [3.63, 3.8) is 0 Å². The summed E-state index contributed by atoms with van der Waals surface area (Å²) in [6.45, 7) is 0. The molecule has 0 spiro atoms. The Hall–Kier alpha value is -4.68. The smallest absolute Gasteiger partial charge is 0.358 e. The molecule has 0 aliphatic carbocycles. The lowest BCUT2D eigenvalue weighted by Gasteiger charge is -2.44. The molecule has 0 atom stereocenters. The first-order valence-electron chi connectivity index (χ1n) is 14.3. The third-order valence-corrected chi connectivity index (χ3v) is 10.4. The molecule has 0 unspecified atom stereocenters. The Morgan fingerprint density at radius 3 is 1.26 bits per heavy atom. The summed E-state index contributed by atoms with van der Waals surface area (Å²) in [5, 5.41) is 0.968. The zero-order chi connectivity index (χ0) is 29.3. The Morgan fingerprint density at radius 1 is 0.419 bits per heavy atom. The van der Waals surface area contributed by atoms with Gasteiger partial charge in [0.1, 0.15) is 11.7 Å². The predicted molar refractivity (Wildman–Crippen MR) is 176 cm³/mol. The molecule has 0 saturated heterocycles. The Kier molecular flexibility index (Phi) is 8.95. The van der Waals surface area contributed by atoms with E-state index in [0.717, 1.165) is 5.39 Å². The van der Waals surface area contributed by atoms with Crippen LogP contribution in [0, 0.1) is 7.14 Å². The molecule has 0 aliphatic rings. The molecule has 0 saturated carbocycles. The molecule has 6 aromatic carbocycles. The van der Waals surface area contributed by atoms with Gasteiger partial charge in [0.25, 0.3) is 0 Å². The largest absolute Gasteiger partial charge is 0.423 e. The molecule has 0 aliphatic heterocycles. The van der Waals surface area contributed by atoms with Gasteiger partial charge in [0.15, 0.2) is 7.14 Å². The third-order valence-electron chi connectivity index (χ3n) is 7.73. The first-order chi connectivity index (χ1) is 21.2. The minimum absolute atomic E-state index is 0.218. The fourth-order valence-electron chi connectivity index (χ4n) is 5.82. The van der Waals surface area contributed by atoms with E-state index in [1.54, 1.807) is 6.07 Å². The highest BCUT2D eigenvalue weighted by Gasteiger charge is 2.31. The summed E-state index contributed by atoms with van der Waals surface area (Å²) in [5.74, 6) is 0. The van der Waals surface area contributed by atoms with Gasteiger partial charge in [-0.3, -0.25) is 0 Å². The maximum atomic E-state index is 11.2. The number of benzene rings is 6. The lowest BCUT2D eigenvalue weighted by Crippen LogP contribution is -3.61. The molecule has 1 aromatic heterocycles.